The van der Waals surface area contributed by atoms with E-state index >= 15 is 0 Å². The Morgan fingerprint density at radius 3 is 1.55 bits per heavy atom. The molecule has 8 heteroatoms. The monoisotopic (exact) mass is 448 g/mol. The first kappa shape index (κ1) is 23.2. The minimum atomic E-state index is -1.45. The van der Waals surface area contributed by atoms with E-state index in [0.29, 0.717) is 29.5 Å². The molecular weight excluding hydrogens is 428 g/mol. The van der Waals surface area contributed by atoms with Crippen LogP contribution >= 0.6 is 0 Å². The first-order valence-electron chi connectivity index (χ1n) is 10.0. The van der Waals surface area contributed by atoms with Gasteiger partial charge >= 0.3 is 23.9 Å². The smallest absolute Gasteiger partial charge is 0.337 e. The van der Waals surface area contributed by atoms with Gasteiger partial charge < -0.3 is 20.4 Å². The second-order valence-electron chi connectivity index (χ2n) is 7.27. The van der Waals surface area contributed by atoms with Gasteiger partial charge in [-0.1, -0.05) is 55.8 Å². The summed E-state index contributed by atoms with van der Waals surface area (Å²) in [5.41, 5.74) is -0.161. The third-order valence-corrected chi connectivity index (χ3v) is 5.25. The van der Waals surface area contributed by atoms with Crippen molar-refractivity contribution in [1.29, 1.82) is 0 Å². The summed E-state index contributed by atoms with van der Waals surface area (Å²) in [6.07, 6.45) is 1.18. The number of aryl methyl sites for hydroxylation is 1. The number of carbonyl (C=O) groups is 4. The highest BCUT2D eigenvalue weighted by Crippen LogP contribution is 2.40. The Bertz CT molecular complexity index is 1290. The van der Waals surface area contributed by atoms with Gasteiger partial charge in [0, 0.05) is 0 Å². The Balaban J connectivity index is 2.51. The van der Waals surface area contributed by atoms with Crippen LogP contribution < -0.4 is 0 Å². The van der Waals surface area contributed by atoms with Crippen molar-refractivity contribution in [3.05, 3.63) is 82.4 Å². The fraction of sp³-hybridized carbons (Fsp3) is 0.120. The van der Waals surface area contributed by atoms with Gasteiger partial charge in [-0.3, -0.25) is 0 Å². The molecule has 3 aromatic carbocycles. The van der Waals surface area contributed by atoms with Crippen molar-refractivity contribution in [2.75, 3.05) is 0 Å². The highest BCUT2D eigenvalue weighted by atomic mass is 16.4. The summed E-state index contributed by atoms with van der Waals surface area (Å²) in [6.45, 7) is 1.91. The van der Waals surface area contributed by atoms with Crippen molar-refractivity contribution in [3.63, 3.8) is 0 Å². The molecule has 8 nitrogen and oxygen atoms in total. The van der Waals surface area contributed by atoms with E-state index in [2.05, 4.69) is 0 Å². The van der Waals surface area contributed by atoms with Gasteiger partial charge in [0.1, 0.15) is 0 Å². The zero-order valence-corrected chi connectivity index (χ0v) is 17.5. The van der Waals surface area contributed by atoms with Gasteiger partial charge in [0.25, 0.3) is 0 Å². The molecule has 0 heterocycles. The van der Waals surface area contributed by atoms with Crippen LogP contribution in [0.4, 0.5) is 0 Å². The van der Waals surface area contributed by atoms with Gasteiger partial charge in [-0.25, -0.2) is 19.2 Å². The van der Waals surface area contributed by atoms with E-state index in [1.54, 1.807) is 18.2 Å². The second-order valence-corrected chi connectivity index (χ2v) is 7.27. The molecular formula is C25H20O8. The summed E-state index contributed by atoms with van der Waals surface area (Å²) >= 11 is 0. The van der Waals surface area contributed by atoms with Crippen molar-refractivity contribution in [3.8, 4) is 22.3 Å². The van der Waals surface area contributed by atoms with Gasteiger partial charge in [0.15, 0.2) is 0 Å². The number of hydrogen-bond acceptors (Lipinski definition) is 4. The molecule has 0 spiro atoms. The fourth-order valence-corrected chi connectivity index (χ4v) is 3.97. The van der Waals surface area contributed by atoms with Gasteiger partial charge in [0.2, 0.25) is 0 Å². The van der Waals surface area contributed by atoms with E-state index in [1.807, 2.05) is 6.92 Å². The van der Waals surface area contributed by atoms with Gasteiger partial charge in [-0.2, -0.15) is 0 Å². The van der Waals surface area contributed by atoms with Crippen LogP contribution in [0, 0.1) is 0 Å². The normalized spacial score (nSPS) is 10.6. The number of carboxylic acid groups (broad SMARTS) is 4. The summed E-state index contributed by atoms with van der Waals surface area (Å²) in [5, 5.41) is 38.8. The van der Waals surface area contributed by atoms with Crippen LogP contribution in [0.1, 0.15) is 60.3 Å². The first-order chi connectivity index (χ1) is 15.7. The molecule has 3 rings (SSSR count). The van der Waals surface area contributed by atoms with Crippen molar-refractivity contribution in [1.82, 2.24) is 0 Å². The predicted octanol–water partition coefficient (Wildman–Crippen LogP) is 4.77. The molecule has 0 radical (unpaired) electrons. The van der Waals surface area contributed by atoms with E-state index in [4.69, 9.17) is 0 Å². The summed E-state index contributed by atoms with van der Waals surface area (Å²) in [5.74, 6) is -5.73. The maximum Gasteiger partial charge on any atom is 0.337 e. The lowest BCUT2D eigenvalue weighted by Crippen LogP contribution is -2.12. The number of hydrogen-bond donors (Lipinski definition) is 4. The molecule has 0 bridgehead atoms. The van der Waals surface area contributed by atoms with Crippen LogP contribution in [0.25, 0.3) is 22.3 Å². The number of rotatable bonds is 8. The molecule has 0 unspecified atom stereocenters. The standard InChI is InChI=1S/C25H20O8/c1-2-6-13-7-3-8-14(15-9-4-11-17(22(26)27)20(15)24(30)31)19(13)16-10-5-12-18(23(28)29)21(16)25(32)33/h3-5,7-12H,2,6H2,1H3,(H,26,27)(H,28,29)(H,30,31)(H,32,33). The molecule has 33 heavy (non-hydrogen) atoms. The molecule has 168 valence electrons. The maximum atomic E-state index is 12.1. The topological polar surface area (TPSA) is 149 Å². The third-order valence-electron chi connectivity index (χ3n) is 5.25. The number of carboxylic acids is 4. The first-order valence-corrected chi connectivity index (χ1v) is 10.0. The van der Waals surface area contributed by atoms with Crippen molar-refractivity contribution < 1.29 is 39.6 Å². The molecule has 4 N–H and O–H groups in total. The average Bonchev–Trinajstić information content (AvgIpc) is 2.77. The SMILES string of the molecule is CCCc1cccc(-c2cccc(C(=O)O)c2C(=O)O)c1-c1cccc(C(=O)O)c1C(=O)O. The number of aromatic carboxylic acids is 4. The maximum absolute atomic E-state index is 12.1. The quantitative estimate of drug-likeness (QED) is 0.385. The van der Waals surface area contributed by atoms with Crippen molar-refractivity contribution in [2.24, 2.45) is 0 Å². The largest absolute Gasteiger partial charge is 0.478 e. The van der Waals surface area contributed by atoms with Crippen molar-refractivity contribution >= 4 is 23.9 Å². The minimum Gasteiger partial charge on any atom is -0.478 e. The number of benzene rings is 3. The van der Waals surface area contributed by atoms with Crippen LogP contribution in [0.2, 0.25) is 0 Å². The molecule has 0 aromatic heterocycles. The van der Waals surface area contributed by atoms with E-state index in [0.717, 1.165) is 0 Å². The molecule has 0 atom stereocenters. The highest BCUT2D eigenvalue weighted by molar-refractivity contribution is 6.11. The lowest BCUT2D eigenvalue weighted by Gasteiger charge is -2.19. The lowest BCUT2D eigenvalue weighted by molar-refractivity contribution is 0.0652. The Hall–Kier alpha value is -4.46. The molecule has 0 aliphatic rings. The van der Waals surface area contributed by atoms with Crippen LogP contribution in [-0.2, 0) is 6.42 Å². The second kappa shape index (κ2) is 9.35. The Kier molecular flexibility index (Phi) is 6.58. The fourth-order valence-electron chi connectivity index (χ4n) is 3.97. The molecule has 0 saturated heterocycles. The van der Waals surface area contributed by atoms with Crippen LogP contribution in [0.15, 0.2) is 54.6 Å². The van der Waals surface area contributed by atoms with E-state index in [1.165, 1.54) is 36.4 Å². The molecule has 0 aliphatic heterocycles. The van der Waals surface area contributed by atoms with Crippen molar-refractivity contribution in [2.45, 2.75) is 19.8 Å². The van der Waals surface area contributed by atoms with Crippen LogP contribution in [0.5, 0.6) is 0 Å². The molecule has 0 amide bonds. The third kappa shape index (κ3) is 4.31. The van der Waals surface area contributed by atoms with Gasteiger partial charge in [-0.15, -0.1) is 0 Å². The summed E-state index contributed by atoms with van der Waals surface area (Å²) in [6, 6.07) is 13.1. The van der Waals surface area contributed by atoms with Crippen LogP contribution in [0.3, 0.4) is 0 Å². The molecule has 3 aromatic rings. The lowest BCUT2D eigenvalue weighted by atomic mass is 9.83. The Labute approximate surface area is 188 Å². The van der Waals surface area contributed by atoms with Crippen LogP contribution in [-0.4, -0.2) is 44.3 Å². The van der Waals surface area contributed by atoms with E-state index in [9.17, 15) is 39.6 Å². The predicted molar refractivity (Wildman–Crippen MR) is 119 cm³/mol. The Morgan fingerprint density at radius 2 is 1.06 bits per heavy atom. The van der Waals surface area contributed by atoms with E-state index in [-0.39, 0.29) is 11.1 Å². The zero-order chi connectivity index (χ0) is 24.3. The molecule has 0 fully saturated rings. The highest BCUT2D eigenvalue weighted by Gasteiger charge is 2.27. The summed E-state index contributed by atoms with van der Waals surface area (Å²) in [7, 11) is 0. The Morgan fingerprint density at radius 1 is 0.606 bits per heavy atom. The molecule has 0 saturated carbocycles. The average molecular weight is 448 g/mol. The zero-order valence-electron chi connectivity index (χ0n) is 17.5. The minimum absolute atomic E-state index is 0.0902. The van der Waals surface area contributed by atoms with Gasteiger partial charge in [0.05, 0.1) is 22.3 Å². The van der Waals surface area contributed by atoms with Gasteiger partial charge in [-0.05, 0) is 46.4 Å². The summed E-state index contributed by atoms with van der Waals surface area (Å²) < 4.78 is 0. The summed E-state index contributed by atoms with van der Waals surface area (Å²) in [4.78, 5) is 47.6. The van der Waals surface area contributed by atoms with E-state index < -0.39 is 46.1 Å². The molecule has 0 aliphatic carbocycles.